The topological polar surface area (TPSA) is 20.3 Å². The van der Waals surface area contributed by atoms with E-state index in [-0.39, 0.29) is 0 Å². The summed E-state index contributed by atoms with van der Waals surface area (Å²) in [5.41, 5.74) is 0. The summed E-state index contributed by atoms with van der Waals surface area (Å²) < 4.78 is 0. The highest BCUT2D eigenvalue weighted by molar-refractivity contribution is 5.82. The monoisotopic (exact) mass is 237 g/mol. The van der Waals surface area contributed by atoms with Crippen LogP contribution in [0.15, 0.2) is 0 Å². The maximum absolute atomic E-state index is 12.0. The zero-order valence-electron chi connectivity index (χ0n) is 11.5. The summed E-state index contributed by atoms with van der Waals surface area (Å²) in [5, 5.41) is 0. The van der Waals surface area contributed by atoms with Crippen molar-refractivity contribution in [2.75, 3.05) is 13.1 Å². The summed E-state index contributed by atoms with van der Waals surface area (Å²) in [7, 11) is 0. The third kappa shape index (κ3) is 3.31. The van der Waals surface area contributed by atoms with Crippen LogP contribution in [0.4, 0.5) is 0 Å². The molecule has 2 unspecified atom stereocenters. The molecule has 0 spiro atoms. The molecule has 17 heavy (non-hydrogen) atoms. The first-order valence-electron chi connectivity index (χ1n) is 7.45. The number of carbonyl (C=O) groups excluding carboxylic acids is 1. The van der Waals surface area contributed by atoms with Gasteiger partial charge in [-0.15, -0.1) is 0 Å². The molecular formula is C15H27NO. The van der Waals surface area contributed by atoms with Gasteiger partial charge in [-0.1, -0.05) is 20.3 Å². The van der Waals surface area contributed by atoms with Crippen LogP contribution in [-0.2, 0) is 4.79 Å². The Labute approximate surface area is 106 Å². The van der Waals surface area contributed by atoms with Crippen LogP contribution in [0.2, 0.25) is 0 Å². The van der Waals surface area contributed by atoms with E-state index in [1.807, 2.05) is 0 Å². The van der Waals surface area contributed by atoms with Gasteiger partial charge in [0.1, 0.15) is 5.78 Å². The number of rotatable bonds is 4. The molecule has 0 N–H and O–H groups in total. The van der Waals surface area contributed by atoms with Gasteiger partial charge in [-0.2, -0.15) is 0 Å². The molecule has 98 valence electrons. The molecule has 0 aromatic heterocycles. The smallest absolute Gasteiger partial charge is 0.137 e. The van der Waals surface area contributed by atoms with Gasteiger partial charge in [-0.25, -0.2) is 0 Å². The van der Waals surface area contributed by atoms with Crippen LogP contribution >= 0.6 is 0 Å². The molecule has 2 heteroatoms. The highest BCUT2D eigenvalue weighted by Crippen LogP contribution is 2.32. The summed E-state index contributed by atoms with van der Waals surface area (Å²) >= 11 is 0. The normalized spacial score (nSPS) is 31.4. The van der Waals surface area contributed by atoms with Gasteiger partial charge in [-0.05, 0) is 51.1 Å². The molecule has 0 bridgehead atoms. The summed E-state index contributed by atoms with van der Waals surface area (Å²) in [5.74, 6) is 1.70. The van der Waals surface area contributed by atoms with Crippen molar-refractivity contribution < 1.29 is 4.79 Å². The number of likely N-dealkylation sites (tertiary alicyclic amines) is 1. The van der Waals surface area contributed by atoms with Crippen LogP contribution in [0, 0.1) is 11.8 Å². The molecule has 2 rings (SSSR count). The zero-order valence-corrected chi connectivity index (χ0v) is 11.5. The minimum atomic E-state index is 0.374. The molecule has 1 aliphatic heterocycles. The third-order valence-corrected chi connectivity index (χ3v) is 4.47. The molecule has 2 aliphatic rings. The van der Waals surface area contributed by atoms with Gasteiger partial charge < -0.3 is 0 Å². The van der Waals surface area contributed by atoms with E-state index >= 15 is 0 Å². The van der Waals surface area contributed by atoms with Gasteiger partial charge in [0.2, 0.25) is 0 Å². The Morgan fingerprint density at radius 2 is 2.06 bits per heavy atom. The van der Waals surface area contributed by atoms with E-state index in [0.29, 0.717) is 17.7 Å². The fraction of sp³-hybridized carbons (Fsp3) is 0.933. The highest BCUT2D eigenvalue weighted by atomic mass is 16.1. The van der Waals surface area contributed by atoms with Crippen LogP contribution in [0.3, 0.4) is 0 Å². The lowest BCUT2D eigenvalue weighted by Crippen LogP contribution is -2.41. The quantitative estimate of drug-likeness (QED) is 0.748. The summed E-state index contributed by atoms with van der Waals surface area (Å²) in [6.45, 7) is 7.00. The van der Waals surface area contributed by atoms with Crippen molar-refractivity contribution >= 4 is 5.78 Å². The second-order valence-electron chi connectivity index (χ2n) is 6.25. The van der Waals surface area contributed by atoms with Crippen molar-refractivity contribution in [1.29, 1.82) is 0 Å². The Balaban J connectivity index is 1.91. The lowest BCUT2D eigenvalue weighted by molar-refractivity contribution is -0.126. The predicted molar refractivity (Wildman–Crippen MR) is 71.0 cm³/mol. The van der Waals surface area contributed by atoms with Crippen LogP contribution in [-0.4, -0.2) is 29.8 Å². The van der Waals surface area contributed by atoms with Crippen molar-refractivity contribution in [3.8, 4) is 0 Å². The number of hydrogen-bond acceptors (Lipinski definition) is 2. The van der Waals surface area contributed by atoms with E-state index in [4.69, 9.17) is 0 Å². The first-order chi connectivity index (χ1) is 8.18. The zero-order chi connectivity index (χ0) is 12.3. The molecule has 0 aromatic rings. The van der Waals surface area contributed by atoms with E-state index in [9.17, 15) is 4.79 Å². The van der Waals surface area contributed by atoms with Crippen molar-refractivity contribution in [3.63, 3.8) is 0 Å². The van der Waals surface area contributed by atoms with E-state index in [1.54, 1.807) is 0 Å². The largest absolute Gasteiger partial charge is 0.300 e. The fourth-order valence-corrected chi connectivity index (χ4v) is 3.43. The SMILES string of the molecule is CC(C)CCN1CCCC1C1CCCCC1=O. The fourth-order valence-electron chi connectivity index (χ4n) is 3.43. The van der Waals surface area contributed by atoms with Gasteiger partial charge in [0, 0.05) is 18.4 Å². The van der Waals surface area contributed by atoms with E-state index in [1.165, 1.54) is 38.8 Å². The van der Waals surface area contributed by atoms with Gasteiger partial charge in [0.15, 0.2) is 0 Å². The number of hydrogen-bond donors (Lipinski definition) is 0. The Kier molecular flexibility index (Phi) is 4.61. The molecule has 1 saturated heterocycles. The first-order valence-corrected chi connectivity index (χ1v) is 7.45. The second kappa shape index (κ2) is 5.99. The Morgan fingerprint density at radius 1 is 1.24 bits per heavy atom. The lowest BCUT2D eigenvalue weighted by Gasteiger charge is -2.33. The lowest BCUT2D eigenvalue weighted by atomic mass is 9.81. The van der Waals surface area contributed by atoms with Crippen LogP contribution in [0.5, 0.6) is 0 Å². The first kappa shape index (κ1) is 13.1. The average Bonchev–Trinajstić information content (AvgIpc) is 2.75. The van der Waals surface area contributed by atoms with Gasteiger partial charge >= 0.3 is 0 Å². The summed E-state index contributed by atoms with van der Waals surface area (Å²) in [6.07, 6.45) is 8.23. The maximum Gasteiger partial charge on any atom is 0.137 e. The van der Waals surface area contributed by atoms with Crippen molar-refractivity contribution in [3.05, 3.63) is 0 Å². The standard InChI is InChI=1S/C15H27NO/c1-12(2)9-11-16-10-5-7-14(16)13-6-3-4-8-15(13)17/h12-14H,3-11H2,1-2H3. The van der Waals surface area contributed by atoms with Gasteiger partial charge in [-0.3, -0.25) is 9.69 Å². The Morgan fingerprint density at radius 3 is 2.76 bits per heavy atom. The molecule has 1 aliphatic carbocycles. The van der Waals surface area contributed by atoms with Crippen LogP contribution < -0.4 is 0 Å². The van der Waals surface area contributed by atoms with Crippen molar-refractivity contribution in [2.45, 2.75) is 64.8 Å². The van der Waals surface area contributed by atoms with E-state index < -0.39 is 0 Å². The number of carbonyl (C=O) groups is 1. The average molecular weight is 237 g/mol. The van der Waals surface area contributed by atoms with Gasteiger partial charge in [0.25, 0.3) is 0 Å². The minimum Gasteiger partial charge on any atom is -0.300 e. The molecular weight excluding hydrogens is 210 g/mol. The number of nitrogens with zero attached hydrogens (tertiary/aromatic N) is 1. The van der Waals surface area contributed by atoms with Crippen LogP contribution in [0.25, 0.3) is 0 Å². The summed E-state index contributed by atoms with van der Waals surface area (Å²) in [6, 6.07) is 0.585. The number of ketones is 1. The minimum absolute atomic E-state index is 0.374. The molecule has 0 radical (unpaired) electrons. The van der Waals surface area contributed by atoms with Crippen LogP contribution in [0.1, 0.15) is 58.8 Å². The highest BCUT2D eigenvalue weighted by Gasteiger charge is 2.36. The second-order valence-corrected chi connectivity index (χ2v) is 6.25. The van der Waals surface area contributed by atoms with Gasteiger partial charge in [0.05, 0.1) is 0 Å². The summed E-state index contributed by atoms with van der Waals surface area (Å²) in [4.78, 5) is 14.6. The Hall–Kier alpha value is -0.370. The third-order valence-electron chi connectivity index (χ3n) is 4.47. The van der Waals surface area contributed by atoms with E-state index in [0.717, 1.165) is 25.2 Å². The molecule has 2 fully saturated rings. The molecule has 1 saturated carbocycles. The molecule has 1 heterocycles. The van der Waals surface area contributed by atoms with Crippen molar-refractivity contribution in [2.24, 2.45) is 11.8 Å². The predicted octanol–water partition coefficient (Wildman–Crippen LogP) is 3.26. The van der Waals surface area contributed by atoms with Crippen molar-refractivity contribution in [1.82, 2.24) is 4.90 Å². The Bertz CT molecular complexity index is 262. The van der Waals surface area contributed by atoms with E-state index in [2.05, 4.69) is 18.7 Å². The number of Topliss-reactive ketones (excluding diaryl/α,β-unsaturated/α-hetero) is 1. The molecule has 0 aromatic carbocycles. The molecule has 2 atom stereocenters. The maximum atomic E-state index is 12.0. The molecule has 0 amide bonds. The molecule has 2 nitrogen and oxygen atoms in total.